The first-order valence-corrected chi connectivity index (χ1v) is 20.3. The monoisotopic (exact) mass is 754 g/mol. The van der Waals surface area contributed by atoms with E-state index in [1.165, 1.54) is 60.3 Å². The van der Waals surface area contributed by atoms with E-state index in [0.717, 1.165) is 45.0 Å². The Hall–Kier alpha value is -7.56. The lowest BCUT2D eigenvalue weighted by molar-refractivity contribution is 0.660. The number of nitrogens with zero attached hydrogens (tertiary/aromatic N) is 4. The molecule has 0 aliphatic heterocycles. The lowest BCUT2D eigenvalue weighted by Crippen LogP contribution is -2.14. The summed E-state index contributed by atoms with van der Waals surface area (Å²) in [7, 11) is 0. The summed E-state index contributed by atoms with van der Waals surface area (Å²) in [6.07, 6.45) is 0. The molecule has 8 aromatic carbocycles. The van der Waals surface area contributed by atoms with Gasteiger partial charge in [0, 0.05) is 55.0 Å². The van der Waals surface area contributed by atoms with Crippen LogP contribution in [0.4, 0.5) is 0 Å². The van der Waals surface area contributed by atoms with E-state index >= 15 is 0 Å². The highest BCUT2D eigenvalue weighted by Crippen LogP contribution is 2.49. The van der Waals surface area contributed by atoms with Gasteiger partial charge in [-0.15, -0.1) is 0 Å². The minimum absolute atomic E-state index is 0.130. The highest BCUT2D eigenvalue weighted by molar-refractivity contribution is 6.11. The molecular formula is C55H38N4. The molecular weight excluding hydrogens is 717 g/mol. The van der Waals surface area contributed by atoms with Crippen molar-refractivity contribution in [2.45, 2.75) is 19.3 Å². The zero-order valence-corrected chi connectivity index (χ0v) is 32.8. The van der Waals surface area contributed by atoms with Crippen molar-refractivity contribution in [3.8, 4) is 56.4 Å². The predicted octanol–water partition coefficient (Wildman–Crippen LogP) is 14.0. The molecule has 0 fully saturated rings. The van der Waals surface area contributed by atoms with Gasteiger partial charge < -0.3 is 9.13 Å². The van der Waals surface area contributed by atoms with Crippen molar-refractivity contribution in [3.05, 3.63) is 205 Å². The Morgan fingerprint density at radius 2 is 0.881 bits per heavy atom. The molecule has 3 aromatic heterocycles. The van der Waals surface area contributed by atoms with Crippen LogP contribution in [0.5, 0.6) is 0 Å². The molecule has 4 heteroatoms. The molecule has 0 N–H and O–H groups in total. The van der Waals surface area contributed by atoms with Crippen LogP contribution in [-0.2, 0) is 5.41 Å². The Morgan fingerprint density at radius 1 is 0.356 bits per heavy atom. The Balaban J connectivity index is 1.07. The maximum absolute atomic E-state index is 5.40. The van der Waals surface area contributed by atoms with E-state index in [9.17, 15) is 0 Å². The molecule has 59 heavy (non-hydrogen) atoms. The van der Waals surface area contributed by atoms with Crippen molar-refractivity contribution in [2.24, 2.45) is 0 Å². The first-order valence-electron chi connectivity index (χ1n) is 20.3. The van der Waals surface area contributed by atoms with Gasteiger partial charge in [0.25, 0.3) is 0 Å². The van der Waals surface area contributed by atoms with Crippen LogP contribution in [0.1, 0.15) is 25.0 Å². The molecule has 0 bridgehead atoms. The Bertz CT molecular complexity index is 3420. The topological polar surface area (TPSA) is 35.6 Å². The predicted molar refractivity (Wildman–Crippen MR) is 245 cm³/mol. The van der Waals surface area contributed by atoms with E-state index in [-0.39, 0.29) is 5.41 Å². The molecule has 3 heterocycles. The maximum Gasteiger partial charge on any atom is 0.160 e. The highest BCUT2D eigenvalue weighted by atomic mass is 15.0. The molecule has 0 radical (unpaired) electrons. The number of benzene rings is 8. The average Bonchev–Trinajstić information content (AvgIpc) is 3.89. The number of para-hydroxylation sites is 4. The number of aromatic nitrogens is 4. The third-order valence-electron chi connectivity index (χ3n) is 12.5. The zero-order valence-electron chi connectivity index (χ0n) is 32.8. The second-order valence-electron chi connectivity index (χ2n) is 16.2. The van der Waals surface area contributed by atoms with Crippen LogP contribution in [0.25, 0.3) is 100 Å². The molecule has 0 amide bonds. The molecule has 1 aliphatic carbocycles. The van der Waals surface area contributed by atoms with Crippen molar-refractivity contribution < 1.29 is 0 Å². The highest BCUT2D eigenvalue weighted by Gasteiger charge is 2.35. The van der Waals surface area contributed by atoms with Crippen molar-refractivity contribution in [3.63, 3.8) is 0 Å². The molecule has 12 rings (SSSR count). The summed E-state index contributed by atoms with van der Waals surface area (Å²) in [5.41, 5.74) is 16.9. The Labute approximate surface area is 342 Å². The molecule has 0 atom stereocenters. The third kappa shape index (κ3) is 5.09. The smallest absolute Gasteiger partial charge is 0.160 e. The summed E-state index contributed by atoms with van der Waals surface area (Å²) in [6.45, 7) is 4.67. The van der Waals surface area contributed by atoms with Crippen LogP contribution < -0.4 is 0 Å². The second-order valence-corrected chi connectivity index (χ2v) is 16.2. The van der Waals surface area contributed by atoms with Crippen LogP contribution in [0.2, 0.25) is 0 Å². The van der Waals surface area contributed by atoms with Crippen molar-refractivity contribution in [1.29, 1.82) is 0 Å². The number of rotatable bonds is 5. The Kier molecular flexibility index (Phi) is 7.24. The summed E-state index contributed by atoms with van der Waals surface area (Å²) in [4.78, 5) is 10.8. The van der Waals surface area contributed by atoms with Crippen LogP contribution in [0.3, 0.4) is 0 Å². The first-order chi connectivity index (χ1) is 29.0. The standard InChI is InChI=1S/C55H38N4/c1-55(2)46-23-10-6-19-40(46)41-29-27-36(33-47(41)55)49-34-48(35-15-14-18-39(31-35)59-50-24-11-7-20-42(50)43-21-8-12-25-51(43)59)56-54(57-49)37-28-30-53-45(32-37)44-22-9-13-26-52(44)58(53)38-16-4-3-5-17-38/h3-34H,1-2H3. The summed E-state index contributed by atoms with van der Waals surface area (Å²) < 4.78 is 4.72. The normalized spacial score (nSPS) is 13.1. The zero-order chi connectivity index (χ0) is 39.2. The van der Waals surface area contributed by atoms with Crippen LogP contribution in [0.15, 0.2) is 194 Å². The fraction of sp³-hybridized carbons (Fsp3) is 0.0545. The summed E-state index contributed by atoms with van der Waals surface area (Å²) in [5, 5.41) is 4.85. The van der Waals surface area contributed by atoms with Gasteiger partial charge in [-0.25, -0.2) is 9.97 Å². The van der Waals surface area contributed by atoms with Crippen LogP contribution in [0, 0.1) is 0 Å². The van der Waals surface area contributed by atoms with Gasteiger partial charge >= 0.3 is 0 Å². The molecule has 11 aromatic rings. The van der Waals surface area contributed by atoms with Crippen LogP contribution >= 0.6 is 0 Å². The van der Waals surface area contributed by atoms with E-state index < -0.39 is 0 Å². The minimum Gasteiger partial charge on any atom is -0.309 e. The molecule has 4 nitrogen and oxygen atoms in total. The molecule has 1 aliphatic rings. The maximum atomic E-state index is 5.40. The van der Waals surface area contributed by atoms with Crippen LogP contribution in [-0.4, -0.2) is 19.1 Å². The molecule has 0 unspecified atom stereocenters. The van der Waals surface area contributed by atoms with Gasteiger partial charge in [0.2, 0.25) is 0 Å². The van der Waals surface area contributed by atoms with Gasteiger partial charge in [-0.2, -0.15) is 0 Å². The van der Waals surface area contributed by atoms with E-state index in [4.69, 9.17) is 9.97 Å². The summed E-state index contributed by atoms with van der Waals surface area (Å²) in [5.74, 6) is 0.696. The number of fused-ring (bicyclic) bond motifs is 9. The average molecular weight is 755 g/mol. The van der Waals surface area contributed by atoms with Gasteiger partial charge in [-0.3, -0.25) is 0 Å². The van der Waals surface area contributed by atoms with Gasteiger partial charge in [-0.05, 0) is 95.1 Å². The summed E-state index contributed by atoms with van der Waals surface area (Å²) in [6, 6.07) is 69.9. The SMILES string of the molecule is CC1(C)c2ccccc2-c2ccc(-c3cc(-c4cccc(-n5c6ccccc6c6ccccc65)c4)nc(-c4ccc5c(c4)c4ccccc4n5-c4ccccc4)n3)cc21. The van der Waals surface area contributed by atoms with Crippen molar-refractivity contribution >= 4 is 43.6 Å². The molecule has 0 saturated carbocycles. The van der Waals surface area contributed by atoms with Gasteiger partial charge in [-0.1, -0.05) is 135 Å². The van der Waals surface area contributed by atoms with E-state index in [1.54, 1.807) is 0 Å². The van der Waals surface area contributed by atoms with Gasteiger partial charge in [0.1, 0.15) is 0 Å². The third-order valence-corrected chi connectivity index (χ3v) is 12.5. The Morgan fingerprint density at radius 3 is 1.59 bits per heavy atom. The molecule has 0 saturated heterocycles. The quantitative estimate of drug-likeness (QED) is 0.175. The minimum atomic E-state index is -0.130. The largest absolute Gasteiger partial charge is 0.309 e. The van der Waals surface area contributed by atoms with E-state index in [1.807, 2.05) is 0 Å². The molecule has 278 valence electrons. The number of hydrogen-bond donors (Lipinski definition) is 0. The van der Waals surface area contributed by atoms with E-state index in [0.29, 0.717) is 5.82 Å². The van der Waals surface area contributed by atoms with Crippen molar-refractivity contribution in [2.75, 3.05) is 0 Å². The second kappa shape index (κ2) is 12.7. The lowest BCUT2D eigenvalue weighted by atomic mass is 9.82. The van der Waals surface area contributed by atoms with Gasteiger partial charge in [0.15, 0.2) is 5.82 Å². The first kappa shape index (κ1) is 33.6. The van der Waals surface area contributed by atoms with E-state index in [2.05, 4.69) is 217 Å². The van der Waals surface area contributed by atoms with Gasteiger partial charge in [0.05, 0.1) is 33.5 Å². The van der Waals surface area contributed by atoms with Crippen molar-refractivity contribution in [1.82, 2.24) is 19.1 Å². The fourth-order valence-corrected chi connectivity index (χ4v) is 9.71. The number of hydrogen-bond acceptors (Lipinski definition) is 2. The fourth-order valence-electron chi connectivity index (χ4n) is 9.71. The lowest BCUT2D eigenvalue weighted by Gasteiger charge is -2.22. The molecule has 0 spiro atoms. The summed E-state index contributed by atoms with van der Waals surface area (Å²) >= 11 is 0.